The van der Waals surface area contributed by atoms with Gasteiger partial charge in [-0.1, -0.05) is 113 Å². The van der Waals surface area contributed by atoms with Gasteiger partial charge in [-0.2, -0.15) is 0 Å². The topological polar surface area (TPSA) is 75.4 Å². The molecule has 0 saturated carbocycles. The lowest BCUT2D eigenvalue weighted by molar-refractivity contribution is -0.121. The van der Waals surface area contributed by atoms with E-state index in [4.69, 9.17) is 5.73 Å². The number of nitrogens with one attached hydrogen (secondary N) is 1. The van der Waals surface area contributed by atoms with Crippen molar-refractivity contribution in [2.75, 3.05) is 0 Å². The molecule has 0 saturated heterocycles. The molecule has 4 N–H and O–H groups in total. The molecule has 2 aromatic rings. The monoisotopic (exact) mass is 492 g/mol. The molecule has 0 heterocycles. The minimum Gasteiger partial charge on any atom is -0.424 e. The Morgan fingerprint density at radius 2 is 1.57 bits per heavy atom. The number of hydrogen-bond acceptors (Lipinski definition) is 3. The van der Waals surface area contributed by atoms with Crippen LogP contribution in [0.25, 0.3) is 0 Å². The van der Waals surface area contributed by atoms with Crippen LogP contribution in [-0.2, 0) is 4.79 Å². The van der Waals surface area contributed by atoms with Gasteiger partial charge in [-0.05, 0) is 60.1 Å². The third kappa shape index (κ3) is 8.02. The van der Waals surface area contributed by atoms with Crippen LogP contribution < -0.4 is 21.4 Å². The van der Waals surface area contributed by atoms with Gasteiger partial charge in [0.15, 0.2) is 0 Å². The Morgan fingerprint density at radius 3 is 2.09 bits per heavy atom. The summed E-state index contributed by atoms with van der Waals surface area (Å²) in [6.07, 6.45) is 13.3. The highest BCUT2D eigenvalue weighted by molar-refractivity contribution is 6.98. The van der Waals surface area contributed by atoms with Gasteiger partial charge < -0.3 is 15.8 Å². The van der Waals surface area contributed by atoms with Crippen LogP contribution in [0.15, 0.2) is 85.1 Å². The van der Waals surface area contributed by atoms with E-state index in [9.17, 15) is 9.59 Å². The number of hydrogen-bond donors (Lipinski definition) is 3. The van der Waals surface area contributed by atoms with E-state index in [1.807, 2.05) is 49.4 Å². The van der Waals surface area contributed by atoms with Crippen molar-refractivity contribution in [2.45, 2.75) is 77.3 Å². The van der Waals surface area contributed by atoms with Gasteiger partial charge in [-0.15, -0.1) is 0 Å². The molecule has 4 nitrogen and oxygen atoms in total. The van der Waals surface area contributed by atoms with E-state index in [0.29, 0.717) is 12.3 Å². The molecule has 0 fully saturated rings. The summed E-state index contributed by atoms with van der Waals surface area (Å²) in [5.74, 6) is 0.199. The van der Waals surface area contributed by atoms with E-state index in [2.05, 4.69) is 62.5 Å². The minimum atomic E-state index is -3.06. The number of benzene rings is 2. The summed E-state index contributed by atoms with van der Waals surface area (Å²) >= 11 is 0. The molecule has 5 heteroatoms. The largest absolute Gasteiger partial charge is 0.424 e. The highest BCUT2D eigenvalue weighted by Crippen LogP contribution is 2.43. The summed E-state index contributed by atoms with van der Waals surface area (Å²) in [5, 5.41) is 4.59. The predicted molar refractivity (Wildman–Crippen MR) is 151 cm³/mol. The van der Waals surface area contributed by atoms with Crippen LogP contribution in [0.4, 0.5) is 0 Å². The Morgan fingerprint density at radius 1 is 1.03 bits per heavy atom. The molecule has 2 rings (SSSR count). The summed E-state index contributed by atoms with van der Waals surface area (Å²) in [6, 6.07) is 19.9. The summed E-state index contributed by atoms with van der Waals surface area (Å²) < 4.78 is 0. The van der Waals surface area contributed by atoms with Crippen molar-refractivity contribution in [2.24, 2.45) is 11.7 Å². The quantitative estimate of drug-likeness (QED) is 0.256. The Hall–Kier alpha value is -2.47. The molecular weight excluding hydrogens is 448 g/mol. The third-order valence-corrected chi connectivity index (χ3v) is 11.4. The second kappa shape index (κ2) is 14.2. The van der Waals surface area contributed by atoms with Gasteiger partial charge in [0, 0.05) is 0 Å². The molecule has 0 spiro atoms. The van der Waals surface area contributed by atoms with E-state index in [1.54, 1.807) is 6.20 Å². The van der Waals surface area contributed by atoms with Crippen LogP contribution in [0.5, 0.6) is 0 Å². The zero-order valence-electron chi connectivity index (χ0n) is 21.9. The molecule has 0 aliphatic heterocycles. The molecule has 0 bridgehead atoms. The zero-order valence-corrected chi connectivity index (χ0v) is 22.9. The average Bonchev–Trinajstić information content (AvgIpc) is 2.88. The van der Waals surface area contributed by atoms with Gasteiger partial charge in [0.25, 0.3) is 8.32 Å². The predicted octanol–water partition coefficient (Wildman–Crippen LogP) is 5.03. The molecule has 35 heavy (non-hydrogen) atoms. The standard InChI is InChI=1S/C30H44N2O2Si/c1-5-7-16-25(17-15-23-32-29(33)28(31)22-8-6-2)24-30(3,4)35(34,26-18-11-9-12-19-26)27-20-13-10-14-21-27/h5,7,9-15,18-21,23,25,28,34H,6,8,16-17,22,24,31H2,1-4H3,(H,32,33)/b7-5-,23-15-/t25-,28-/m0/s1. The molecule has 2 atom stereocenters. The van der Waals surface area contributed by atoms with Crippen LogP contribution in [0, 0.1) is 5.92 Å². The summed E-state index contributed by atoms with van der Waals surface area (Å²) in [5.41, 5.74) is 5.97. The molecule has 2 aromatic carbocycles. The zero-order chi connectivity index (χ0) is 25.7. The van der Waals surface area contributed by atoms with Crippen LogP contribution in [0.1, 0.15) is 66.2 Å². The van der Waals surface area contributed by atoms with Crippen LogP contribution in [-0.4, -0.2) is 25.1 Å². The van der Waals surface area contributed by atoms with E-state index < -0.39 is 14.4 Å². The maximum atomic E-state index is 12.5. The fourth-order valence-electron chi connectivity index (χ4n) is 4.83. The number of unbranched alkanes of at least 4 members (excludes halogenated alkanes) is 1. The van der Waals surface area contributed by atoms with Gasteiger partial charge in [0.05, 0.1) is 6.04 Å². The van der Waals surface area contributed by atoms with Gasteiger partial charge in [0.2, 0.25) is 5.91 Å². The Labute approximate surface area is 213 Å². The molecule has 0 aliphatic carbocycles. The maximum absolute atomic E-state index is 12.5. The van der Waals surface area contributed by atoms with Crippen molar-refractivity contribution in [3.8, 4) is 0 Å². The fraction of sp³-hybridized carbons (Fsp3) is 0.433. The molecule has 0 unspecified atom stereocenters. The highest BCUT2D eigenvalue weighted by atomic mass is 28.4. The van der Waals surface area contributed by atoms with E-state index in [1.165, 1.54) is 0 Å². The summed E-state index contributed by atoms with van der Waals surface area (Å²) in [4.78, 5) is 24.7. The van der Waals surface area contributed by atoms with Gasteiger partial charge in [-0.3, -0.25) is 4.79 Å². The van der Waals surface area contributed by atoms with Gasteiger partial charge in [-0.25, -0.2) is 0 Å². The minimum absolute atomic E-state index is 0.130. The van der Waals surface area contributed by atoms with E-state index in [0.717, 1.165) is 42.5 Å². The first-order chi connectivity index (χ1) is 16.8. The lowest BCUT2D eigenvalue weighted by atomic mass is 9.90. The second-order valence-corrected chi connectivity index (χ2v) is 14.0. The highest BCUT2D eigenvalue weighted by Gasteiger charge is 2.50. The lowest BCUT2D eigenvalue weighted by Crippen LogP contribution is -2.65. The van der Waals surface area contributed by atoms with E-state index in [-0.39, 0.29) is 10.9 Å². The summed E-state index contributed by atoms with van der Waals surface area (Å²) in [7, 11) is -3.06. The molecular formula is C30H44N2O2Si. The number of rotatable bonds is 14. The molecule has 0 radical (unpaired) electrons. The Bertz CT molecular complexity index is 902. The van der Waals surface area contributed by atoms with Gasteiger partial charge in [0.1, 0.15) is 0 Å². The van der Waals surface area contributed by atoms with Crippen molar-refractivity contribution < 1.29 is 9.59 Å². The lowest BCUT2D eigenvalue weighted by Gasteiger charge is -2.43. The SMILES string of the molecule is C/C=C\C[C@@H](C/C=C\NC(=O)[C@@H](N)CCCC)CC(C)(C)[Si](O)(c1ccccc1)c1ccccc1. The number of carbonyl (C=O) groups is 1. The molecule has 1 amide bonds. The first-order valence-electron chi connectivity index (χ1n) is 12.9. The van der Waals surface area contributed by atoms with Crippen molar-refractivity contribution in [3.05, 3.63) is 85.1 Å². The van der Waals surface area contributed by atoms with Crippen LogP contribution >= 0.6 is 0 Å². The van der Waals surface area contributed by atoms with Crippen LogP contribution in [0.3, 0.4) is 0 Å². The maximum Gasteiger partial charge on any atom is 0.258 e. The van der Waals surface area contributed by atoms with Gasteiger partial charge >= 0.3 is 0 Å². The molecule has 190 valence electrons. The molecule has 0 aromatic heterocycles. The normalized spacial score (nSPS) is 14.3. The molecule has 0 aliphatic rings. The van der Waals surface area contributed by atoms with Crippen molar-refractivity contribution in [1.82, 2.24) is 5.32 Å². The first kappa shape index (κ1) is 28.8. The second-order valence-electron chi connectivity index (χ2n) is 10.1. The fourth-order valence-corrected chi connectivity index (χ4v) is 8.66. The third-order valence-electron chi connectivity index (χ3n) is 6.88. The average molecular weight is 493 g/mol. The van der Waals surface area contributed by atoms with E-state index >= 15 is 0 Å². The number of amides is 1. The van der Waals surface area contributed by atoms with Crippen molar-refractivity contribution in [1.29, 1.82) is 0 Å². The summed E-state index contributed by atoms with van der Waals surface area (Å²) in [6.45, 7) is 8.55. The number of allylic oxidation sites excluding steroid dienone is 3. The first-order valence-corrected chi connectivity index (χ1v) is 14.9. The Balaban J connectivity index is 2.22. The Kier molecular flexibility index (Phi) is 11.6. The van der Waals surface area contributed by atoms with Crippen LogP contribution in [0.2, 0.25) is 5.04 Å². The van der Waals surface area contributed by atoms with Crippen molar-refractivity contribution >= 4 is 24.6 Å². The number of nitrogens with two attached hydrogens (primary N) is 1. The van der Waals surface area contributed by atoms with Crippen molar-refractivity contribution in [3.63, 3.8) is 0 Å². The smallest absolute Gasteiger partial charge is 0.258 e. The number of carbonyl (C=O) groups excluding carboxylic acids is 1.